The lowest BCUT2D eigenvalue weighted by molar-refractivity contribution is -0.214. The fourth-order valence-electron chi connectivity index (χ4n) is 3.43. The van der Waals surface area contributed by atoms with Gasteiger partial charge in [-0.2, -0.15) is 0 Å². The number of rotatable bonds is 13. The largest absolute Gasteiger partial charge is 0.353 e. The summed E-state index contributed by atoms with van der Waals surface area (Å²) in [5.41, 5.74) is 1.08. The number of nitrogens with zero attached hydrogens (tertiary/aromatic N) is 2. The van der Waals surface area contributed by atoms with Crippen LogP contribution in [-0.2, 0) is 22.9 Å². The van der Waals surface area contributed by atoms with Gasteiger partial charge in [-0.15, -0.1) is 0 Å². The van der Waals surface area contributed by atoms with E-state index in [2.05, 4.69) is 32.4 Å². The molecule has 0 aliphatic carbocycles. The number of imidazole rings is 1. The van der Waals surface area contributed by atoms with E-state index in [0.717, 1.165) is 40.7 Å². The quantitative estimate of drug-likeness (QED) is 0.213. The number of methoxy groups -OCH3 is 1. The highest BCUT2D eigenvalue weighted by Crippen LogP contribution is 2.36. The monoisotopic (exact) mass is 486 g/mol. The average molecular weight is 488 g/mol. The minimum atomic E-state index is -0.547. The Labute approximate surface area is 202 Å². The molecular weight excluding hydrogens is 451 g/mol. The first kappa shape index (κ1) is 26.5. The van der Waals surface area contributed by atoms with Crippen LogP contribution in [-0.4, -0.2) is 29.1 Å². The average Bonchev–Trinajstić information content (AvgIpc) is 3.01. The van der Waals surface area contributed by atoms with E-state index in [1.165, 1.54) is 19.3 Å². The molecule has 0 bridgehead atoms. The van der Waals surface area contributed by atoms with Crippen molar-refractivity contribution in [2.45, 2.75) is 87.8 Å². The van der Waals surface area contributed by atoms with Crippen molar-refractivity contribution in [3.05, 3.63) is 39.8 Å². The van der Waals surface area contributed by atoms with Crippen molar-refractivity contribution in [1.82, 2.24) is 9.55 Å². The first-order chi connectivity index (χ1) is 14.7. The molecule has 1 atom stereocenters. The third-order valence-corrected chi connectivity index (χ3v) is 6.99. The SMILES string of the molecule is CCCCCCC(C)(OC)OCCc1nc(C(C)C)c(Sc2cc(Cl)cc(Cl)c2)n1C. The van der Waals surface area contributed by atoms with E-state index in [1.807, 2.05) is 19.1 Å². The molecule has 1 aromatic heterocycles. The molecule has 174 valence electrons. The zero-order chi connectivity index (χ0) is 23.0. The van der Waals surface area contributed by atoms with Gasteiger partial charge in [0.15, 0.2) is 5.79 Å². The lowest BCUT2D eigenvalue weighted by Crippen LogP contribution is -2.32. The highest BCUT2D eigenvalue weighted by molar-refractivity contribution is 7.99. The molecule has 0 aliphatic rings. The van der Waals surface area contributed by atoms with Crippen molar-refractivity contribution in [3.8, 4) is 0 Å². The minimum absolute atomic E-state index is 0.306. The zero-order valence-electron chi connectivity index (χ0n) is 19.6. The smallest absolute Gasteiger partial charge is 0.165 e. The van der Waals surface area contributed by atoms with E-state index in [4.69, 9.17) is 37.7 Å². The van der Waals surface area contributed by atoms with Gasteiger partial charge < -0.3 is 14.0 Å². The second-order valence-corrected chi connectivity index (χ2v) is 10.3. The summed E-state index contributed by atoms with van der Waals surface area (Å²) in [6.45, 7) is 9.14. The Balaban J connectivity index is 2.09. The Morgan fingerprint density at radius 1 is 1.13 bits per heavy atom. The van der Waals surface area contributed by atoms with Gasteiger partial charge >= 0.3 is 0 Å². The normalized spacial score (nSPS) is 13.7. The summed E-state index contributed by atoms with van der Waals surface area (Å²) in [4.78, 5) is 5.94. The standard InChI is InChI=1S/C24H36Cl2N2O2S/c1-7-8-9-10-12-24(4,29-6)30-13-11-21-27-22(17(2)3)23(28(21)5)31-20-15-18(25)14-19(26)16-20/h14-17H,7-13H2,1-6H3. The van der Waals surface area contributed by atoms with Crippen molar-refractivity contribution in [1.29, 1.82) is 0 Å². The maximum absolute atomic E-state index is 6.19. The number of unbranched alkanes of at least 4 members (excludes halogenated alkanes) is 3. The Hall–Kier alpha value is -0.720. The first-order valence-corrected chi connectivity index (χ1v) is 12.6. The van der Waals surface area contributed by atoms with E-state index in [1.54, 1.807) is 24.9 Å². The predicted molar refractivity (Wildman–Crippen MR) is 132 cm³/mol. The third kappa shape index (κ3) is 7.97. The fourth-order valence-corrected chi connectivity index (χ4v) is 5.31. The van der Waals surface area contributed by atoms with Crippen LogP contribution in [0.2, 0.25) is 10.0 Å². The van der Waals surface area contributed by atoms with Gasteiger partial charge in [0.25, 0.3) is 0 Å². The van der Waals surface area contributed by atoms with Crippen LogP contribution in [0.3, 0.4) is 0 Å². The van der Waals surface area contributed by atoms with Crippen molar-refractivity contribution < 1.29 is 9.47 Å². The molecular formula is C24H36Cl2N2O2S. The van der Waals surface area contributed by atoms with Crippen molar-refractivity contribution in [2.75, 3.05) is 13.7 Å². The molecule has 0 saturated heterocycles. The summed E-state index contributed by atoms with van der Waals surface area (Å²) < 4.78 is 14.0. The number of hydrogen-bond donors (Lipinski definition) is 0. The van der Waals surface area contributed by atoms with Gasteiger partial charge in [-0.3, -0.25) is 0 Å². The van der Waals surface area contributed by atoms with Crippen LogP contribution in [0.4, 0.5) is 0 Å². The molecule has 2 aromatic rings. The van der Waals surface area contributed by atoms with Crippen molar-refractivity contribution >= 4 is 35.0 Å². The Kier molecular flexibility index (Phi) is 10.7. The maximum atomic E-state index is 6.19. The lowest BCUT2D eigenvalue weighted by Gasteiger charge is -2.28. The highest BCUT2D eigenvalue weighted by Gasteiger charge is 2.25. The second kappa shape index (κ2) is 12.5. The van der Waals surface area contributed by atoms with E-state index in [-0.39, 0.29) is 0 Å². The van der Waals surface area contributed by atoms with Crippen molar-refractivity contribution in [3.63, 3.8) is 0 Å². The van der Waals surface area contributed by atoms with Crippen LogP contribution in [0, 0.1) is 0 Å². The molecule has 2 rings (SSSR count). The van der Waals surface area contributed by atoms with Crippen LogP contribution < -0.4 is 0 Å². The molecule has 0 aliphatic heterocycles. The summed E-state index contributed by atoms with van der Waals surface area (Å²) in [6.07, 6.45) is 6.43. The number of hydrogen-bond acceptors (Lipinski definition) is 4. The molecule has 7 heteroatoms. The Bertz CT molecular complexity index is 821. The van der Waals surface area contributed by atoms with Crippen LogP contribution in [0.1, 0.15) is 77.2 Å². The van der Waals surface area contributed by atoms with Gasteiger partial charge in [-0.25, -0.2) is 4.98 Å². The summed E-state index contributed by atoms with van der Waals surface area (Å²) in [7, 11) is 3.78. The van der Waals surface area contributed by atoms with E-state index in [0.29, 0.717) is 22.6 Å². The van der Waals surface area contributed by atoms with Gasteiger partial charge in [0.2, 0.25) is 0 Å². The van der Waals surface area contributed by atoms with Gasteiger partial charge in [-0.1, -0.05) is 75.0 Å². The van der Waals surface area contributed by atoms with Gasteiger partial charge in [0, 0.05) is 41.9 Å². The van der Waals surface area contributed by atoms with Crippen LogP contribution >= 0.6 is 35.0 Å². The number of ether oxygens (including phenoxy) is 2. The molecule has 0 N–H and O–H groups in total. The van der Waals surface area contributed by atoms with E-state index < -0.39 is 5.79 Å². The third-order valence-electron chi connectivity index (χ3n) is 5.41. The Morgan fingerprint density at radius 2 is 1.81 bits per heavy atom. The predicted octanol–water partition coefficient (Wildman–Crippen LogP) is 7.89. The summed E-state index contributed by atoms with van der Waals surface area (Å²) in [6, 6.07) is 5.61. The molecule has 1 aromatic carbocycles. The van der Waals surface area contributed by atoms with Crippen molar-refractivity contribution in [2.24, 2.45) is 7.05 Å². The second-order valence-electron chi connectivity index (χ2n) is 8.39. The first-order valence-electron chi connectivity index (χ1n) is 11.1. The van der Waals surface area contributed by atoms with E-state index >= 15 is 0 Å². The minimum Gasteiger partial charge on any atom is -0.353 e. The van der Waals surface area contributed by atoms with Gasteiger partial charge in [0.1, 0.15) is 10.9 Å². The van der Waals surface area contributed by atoms with Gasteiger partial charge in [-0.05, 0) is 37.5 Å². The summed E-state index contributed by atoms with van der Waals surface area (Å²) in [5, 5.41) is 2.38. The highest BCUT2D eigenvalue weighted by atomic mass is 35.5. The number of aromatic nitrogens is 2. The number of halogens is 2. The molecule has 4 nitrogen and oxygen atoms in total. The zero-order valence-corrected chi connectivity index (χ0v) is 22.0. The van der Waals surface area contributed by atoms with Gasteiger partial charge in [0.05, 0.1) is 12.3 Å². The molecule has 1 unspecified atom stereocenters. The van der Waals surface area contributed by atoms with E-state index in [9.17, 15) is 0 Å². The lowest BCUT2D eigenvalue weighted by atomic mass is 10.1. The summed E-state index contributed by atoms with van der Waals surface area (Å²) in [5.74, 6) is 0.763. The molecule has 0 saturated carbocycles. The molecule has 0 radical (unpaired) electrons. The fraction of sp³-hybridized carbons (Fsp3) is 0.625. The maximum Gasteiger partial charge on any atom is 0.165 e. The molecule has 1 heterocycles. The Morgan fingerprint density at radius 3 is 2.39 bits per heavy atom. The van der Waals surface area contributed by atoms with Crippen LogP contribution in [0.15, 0.2) is 28.1 Å². The molecule has 0 fully saturated rings. The molecule has 31 heavy (non-hydrogen) atoms. The summed E-state index contributed by atoms with van der Waals surface area (Å²) >= 11 is 14.0. The van der Waals surface area contributed by atoms with Crippen LogP contribution in [0.25, 0.3) is 0 Å². The molecule has 0 amide bonds. The van der Waals surface area contributed by atoms with Crippen LogP contribution in [0.5, 0.6) is 0 Å². The molecule has 0 spiro atoms. The topological polar surface area (TPSA) is 36.3 Å². The number of benzene rings is 1.